The van der Waals surface area contributed by atoms with Crippen LogP contribution in [0.2, 0.25) is 0 Å². The first-order valence-corrected chi connectivity index (χ1v) is 10.9. The molecule has 0 unspecified atom stereocenters. The molecule has 2 saturated heterocycles. The van der Waals surface area contributed by atoms with Crippen LogP contribution in [0.3, 0.4) is 0 Å². The van der Waals surface area contributed by atoms with E-state index in [0.29, 0.717) is 28.5 Å². The van der Waals surface area contributed by atoms with Crippen molar-refractivity contribution < 1.29 is 33.0 Å². The maximum absolute atomic E-state index is 13.7. The standard InChI is InChI=1S/C26H23FN2O6/c1-32-19-14-13-18(22(33-2)23(19)34-3)21-20-24(35-29(21)17-7-5-4-6-8-17)26(31)28(25(20)30)16-11-9-15(27)10-12-16/h4-14,20-21,24H,1-3H3/t20-,21+,24-/m1/s1. The summed E-state index contributed by atoms with van der Waals surface area (Å²) in [7, 11) is 4.50. The van der Waals surface area contributed by atoms with Gasteiger partial charge in [-0.25, -0.2) is 14.4 Å². The van der Waals surface area contributed by atoms with E-state index in [9.17, 15) is 14.0 Å². The van der Waals surface area contributed by atoms with Gasteiger partial charge in [0.15, 0.2) is 17.6 Å². The Balaban J connectivity index is 1.65. The van der Waals surface area contributed by atoms with Gasteiger partial charge in [-0.2, -0.15) is 0 Å². The van der Waals surface area contributed by atoms with Gasteiger partial charge in [-0.15, -0.1) is 0 Å². The number of amides is 2. The molecule has 0 bridgehead atoms. The molecule has 2 aliphatic heterocycles. The Hall–Kier alpha value is -4.11. The lowest BCUT2D eigenvalue weighted by molar-refractivity contribution is -0.126. The van der Waals surface area contributed by atoms with E-state index < -0.39 is 35.7 Å². The van der Waals surface area contributed by atoms with E-state index >= 15 is 0 Å². The van der Waals surface area contributed by atoms with Crippen molar-refractivity contribution >= 4 is 23.2 Å². The maximum Gasteiger partial charge on any atom is 0.266 e. The van der Waals surface area contributed by atoms with Gasteiger partial charge >= 0.3 is 0 Å². The molecule has 35 heavy (non-hydrogen) atoms. The molecule has 0 aliphatic carbocycles. The second-order valence-electron chi connectivity index (χ2n) is 8.07. The van der Waals surface area contributed by atoms with Crippen LogP contribution in [0.25, 0.3) is 0 Å². The summed E-state index contributed by atoms with van der Waals surface area (Å²) in [5, 5.41) is 1.57. The number of rotatable bonds is 6. The van der Waals surface area contributed by atoms with Crippen LogP contribution < -0.4 is 24.2 Å². The summed E-state index contributed by atoms with van der Waals surface area (Å²) < 4.78 is 30.1. The van der Waals surface area contributed by atoms with Crippen molar-refractivity contribution in [3.8, 4) is 17.2 Å². The number of carbonyl (C=O) groups is 2. The summed E-state index contributed by atoms with van der Waals surface area (Å²) in [6.45, 7) is 0. The number of carbonyl (C=O) groups excluding carboxylic acids is 2. The Labute approximate surface area is 201 Å². The monoisotopic (exact) mass is 478 g/mol. The summed E-state index contributed by atoms with van der Waals surface area (Å²) in [6.07, 6.45) is -1.07. The van der Waals surface area contributed by atoms with Gasteiger partial charge in [0.25, 0.3) is 5.91 Å². The number of nitrogens with zero attached hydrogens (tertiary/aromatic N) is 2. The molecule has 2 aliphatic rings. The molecule has 8 nitrogen and oxygen atoms in total. The van der Waals surface area contributed by atoms with E-state index in [4.69, 9.17) is 19.0 Å². The molecule has 0 radical (unpaired) electrons. The van der Waals surface area contributed by atoms with E-state index in [0.717, 1.165) is 4.90 Å². The number of para-hydroxylation sites is 1. The van der Waals surface area contributed by atoms with Crippen molar-refractivity contribution in [2.24, 2.45) is 5.92 Å². The smallest absolute Gasteiger partial charge is 0.266 e. The molecule has 0 saturated carbocycles. The van der Waals surface area contributed by atoms with Crippen LogP contribution in [0.1, 0.15) is 11.6 Å². The zero-order chi connectivity index (χ0) is 24.7. The van der Waals surface area contributed by atoms with Crippen molar-refractivity contribution in [1.29, 1.82) is 0 Å². The highest BCUT2D eigenvalue weighted by molar-refractivity contribution is 6.24. The topological polar surface area (TPSA) is 77.5 Å². The fraction of sp³-hybridized carbons (Fsp3) is 0.231. The van der Waals surface area contributed by atoms with Gasteiger partial charge in [-0.3, -0.25) is 14.4 Å². The highest BCUT2D eigenvalue weighted by atomic mass is 19.1. The fourth-order valence-corrected chi connectivity index (χ4v) is 4.73. The van der Waals surface area contributed by atoms with E-state index in [1.165, 1.54) is 45.6 Å². The van der Waals surface area contributed by atoms with E-state index in [2.05, 4.69) is 0 Å². The van der Waals surface area contributed by atoms with Crippen molar-refractivity contribution in [2.45, 2.75) is 12.1 Å². The predicted octanol–water partition coefficient (Wildman–Crippen LogP) is 3.90. The summed E-state index contributed by atoms with van der Waals surface area (Å²) in [4.78, 5) is 34.3. The van der Waals surface area contributed by atoms with Gasteiger partial charge in [0.05, 0.1) is 32.7 Å². The quantitative estimate of drug-likeness (QED) is 0.498. The highest BCUT2D eigenvalue weighted by Crippen LogP contribution is 2.52. The number of fused-ring (bicyclic) bond motifs is 1. The molecular formula is C26H23FN2O6. The minimum Gasteiger partial charge on any atom is -0.493 e. The lowest BCUT2D eigenvalue weighted by Gasteiger charge is -2.30. The zero-order valence-electron chi connectivity index (χ0n) is 19.3. The first kappa shape index (κ1) is 22.7. The van der Waals surface area contributed by atoms with E-state index in [1.54, 1.807) is 17.2 Å². The molecule has 9 heteroatoms. The van der Waals surface area contributed by atoms with Gasteiger partial charge < -0.3 is 14.2 Å². The SMILES string of the molecule is COc1ccc([C@H]2[C@H]3C(=O)N(c4ccc(F)cc4)C(=O)[C@@H]3ON2c2ccccc2)c(OC)c1OC. The van der Waals surface area contributed by atoms with Crippen molar-refractivity contribution in [3.63, 3.8) is 0 Å². The number of halogens is 1. The molecular weight excluding hydrogens is 455 g/mol. The number of ether oxygens (including phenoxy) is 3. The Bertz CT molecular complexity index is 1270. The second kappa shape index (κ2) is 8.92. The Morgan fingerprint density at radius 1 is 0.771 bits per heavy atom. The zero-order valence-corrected chi connectivity index (χ0v) is 19.3. The van der Waals surface area contributed by atoms with Crippen LogP contribution in [-0.4, -0.2) is 39.2 Å². The third kappa shape index (κ3) is 3.55. The van der Waals surface area contributed by atoms with Crippen LogP contribution in [-0.2, 0) is 14.4 Å². The number of methoxy groups -OCH3 is 3. The fourth-order valence-electron chi connectivity index (χ4n) is 4.73. The summed E-state index contributed by atoms with van der Waals surface area (Å²) in [6, 6.07) is 17.2. The van der Waals surface area contributed by atoms with Gasteiger partial charge in [-0.05, 0) is 48.5 Å². The Morgan fingerprint density at radius 3 is 2.09 bits per heavy atom. The van der Waals surface area contributed by atoms with Crippen molar-refractivity contribution in [1.82, 2.24) is 0 Å². The number of anilines is 2. The van der Waals surface area contributed by atoms with Crippen LogP contribution in [0.4, 0.5) is 15.8 Å². The summed E-state index contributed by atoms with van der Waals surface area (Å²) >= 11 is 0. The maximum atomic E-state index is 13.7. The first-order valence-electron chi connectivity index (χ1n) is 10.9. The number of hydroxylamine groups is 1. The van der Waals surface area contributed by atoms with Crippen molar-refractivity contribution in [3.05, 3.63) is 78.1 Å². The molecule has 0 aromatic heterocycles. The highest BCUT2D eigenvalue weighted by Gasteiger charge is 2.61. The molecule has 0 N–H and O–H groups in total. The third-order valence-corrected chi connectivity index (χ3v) is 6.26. The average Bonchev–Trinajstić information content (AvgIpc) is 3.39. The Kier molecular flexibility index (Phi) is 5.78. The van der Waals surface area contributed by atoms with Gasteiger partial charge in [-0.1, -0.05) is 18.2 Å². The molecule has 0 spiro atoms. The molecule has 3 atom stereocenters. The molecule has 3 aromatic carbocycles. The number of imide groups is 1. The van der Waals surface area contributed by atoms with Gasteiger partial charge in [0, 0.05) is 5.56 Å². The van der Waals surface area contributed by atoms with Crippen LogP contribution >= 0.6 is 0 Å². The molecule has 2 heterocycles. The van der Waals surface area contributed by atoms with Crippen LogP contribution in [0.5, 0.6) is 17.2 Å². The molecule has 180 valence electrons. The summed E-state index contributed by atoms with van der Waals surface area (Å²) in [5.74, 6) is -1.15. The van der Waals surface area contributed by atoms with Gasteiger partial charge in [0.2, 0.25) is 11.7 Å². The number of hydrogen-bond donors (Lipinski definition) is 0. The van der Waals surface area contributed by atoms with Crippen LogP contribution in [0.15, 0.2) is 66.7 Å². The Morgan fingerprint density at radius 2 is 1.46 bits per heavy atom. The van der Waals surface area contributed by atoms with Crippen LogP contribution in [0, 0.1) is 11.7 Å². The normalized spacial score (nSPS) is 21.3. The predicted molar refractivity (Wildman–Crippen MR) is 125 cm³/mol. The average molecular weight is 478 g/mol. The number of hydrogen-bond acceptors (Lipinski definition) is 7. The van der Waals surface area contributed by atoms with Gasteiger partial charge in [0.1, 0.15) is 17.8 Å². The molecule has 3 aromatic rings. The molecule has 2 fully saturated rings. The van der Waals surface area contributed by atoms with E-state index in [-0.39, 0.29) is 5.69 Å². The van der Waals surface area contributed by atoms with E-state index in [1.807, 2.05) is 30.3 Å². The molecule has 2 amide bonds. The molecule has 5 rings (SSSR count). The number of benzene rings is 3. The van der Waals surface area contributed by atoms with Crippen molar-refractivity contribution in [2.75, 3.05) is 31.3 Å². The summed E-state index contributed by atoms with van der Waals surface area (Å²) in [5.41, 5.74) is 1.53. The first-order chi connectivity index (χ1) is 17.0. The largest absolute Gasteiger partial charge is 0.493 e. The second-order valence-corrected chi connectivity index (χ2v) is 8.07. The lowest BCUT2D eigenvalue weighted by Crippen LogP contribution is -2.37. The minimum atomic E-state index is -1.07. The lowest BCUT2D eigenvalue weighted by atomic mass is 9.89. The third-order valence-electron chi connectivity index (χ3n) is 6.26. The minimum absolute atomic E-state index is 0.281.